The molecule has 7 heteroatoms. The van der Waals surface area contributed by atoms with E-state index in [4.69, 9.17) is 0 Å². The van der Waals surface area contributed by atoms with Crippen LogP contribution < -0.4 is 11.0 Å². The van der Waals surface area contributed by atoms with Gasteiger partial charge in [0, 0.05) is 26.9 Å². The van der Waals surface area contributed by atoms with Gasteiger partial charge in [-0.3, -0.25) is 13.9 Å². The molecule has 128 valence electrons. The predicted molar refractivity (Wildman–Crippen MR) is 90.0 cm³/mol. The molecule has 2 rings (SSSR count). The molecule has 1 atom stereocenters. The molecule has 1 heterocycles. The monoisotopic (exact) mass is 331 g/mol. The van der Waals surface area contributed by atoms with Crippen molar-refractivity contribution in [1.82, 2.24) is 14.5 Å². The van der Waals surface area contributed by atoms with E-state index >= 15 is 0 Å². The summed E-state index contributed by atoms with van der Waals surface area (Å²) in [5.74, 6) is -0.315. The second kappa shape index (κ2) is 7.72. The van der Waals surface area contributed by atoms with Crippen molar-refractivity contribution < 1.29 is 14.4 Å². The molecular weight excluding hydrogens is 310 g/mol. The van der Waals surface area contributed by atoms with Crippen LogP contribution in [0.3, 0.4) is 0 Å². The number of nitrogens with zero attached hydrogens (tertiary/aromatic N) is 2. The molecule has 0 saturated heterocycles. The van der Waals surface area contributed by atoms with Gasteiger partial charge in [-0.05, 0) is 24.5 Å². The summed E-state index contributed by atoms with van der Waals surface area (Å²) in [6.45, 7) is 0. The van der Waals surface area contributed by atoms with Crippen LogP contribution in [0.4, 0.5) is 0 Å². The Hall–Kier alpha value is -2.70. The number of hydrogen-bond acceptors (Lipinski definition) is 4. The third kappa shape index (κ3) is 3.15. The van der Waals surface area contributed by atoms with E-state index in [1.807, 2.05) is 6.07 Å². The minimum Gasteiger partial charge on any atom is -0.357 e. The highest BCUT2D eigenvalue weighted by molar-refractivity contribution is 5.85. The Morgan fingerprint density at radius 1 is 1.25 bits per heavy atom. The van der Waals surface area contributed by atoms with Gasteiger partial charge in [0.25, 0.3) is 0 Å². The third-order valence-electron chi connectivity index (χ3n) is 4.14. The molecule has 1 aromatic heterocycles. The number of carbonyl (C=O) groups is 3. The number of rotatable bonds is 8. The van der Waals surface area contributed by atoms with Crippen LogP contribution in [0.15, 0.2) is 23.0 Å². The zero-order valence-corrected chi connectivity index (χ0v) is 13.8. The van der Waals surface area contributed by atoms with Gasteiger partial charge in [0.1, 0.15) is 18.6 Å². The lowest BCUT2D eigenvalue weighted by molar-refractivity contribution is -0.124. The van der Waals surface area contributed by atoms with Crippen molar-refractivity contribution in [1.29, 1.82) is 0 Å². The van der Waals surface area contributed by atoms with Crippen molar-refractivity contribution >= 4 is 29.5 Å². The minimum absolute atomic E-state index is 0.186. The molecule has 24 heavy (non-hydrogen) atoms. The zero-order chi connectivity index (χ0) is 17.7. The zero-order valence-electron chi connectivity index (χ0n) is 13.8. The van der Waals surface area contributed by atoms with Crippen LogP contribution in [-0.2, 0) is 27.9 Å². The molecule has 0 aliphatic carbocycles. The van der Waals surface area contributed by atoms with Crippen LogP contribution >= 0.6 is 0 Å². The maximum absolute atomic E-state index is 12.7. The first-order valence-electron chi connectivity index (χ1n) is 7.84. The average molecular weight is 331 g/mol. The number of nitrogens with one attached hydrogen (secondary N) is 1. The van der Waals surface area contributed by atoms with Crippen LogP contribution in [0.1, 0.15) is 30.9 Å². The van der Waals surface area contributed by atoms with Crippen LogP contribution in [0.2, 0.25) is 0 Å². The lowest BCUT2D eigenvalue weighted by Crippen LogP contribution is -2.36. The van der Waals surface area contributed by atoms with Gasteiger partial charge in [0.15, 0.2) is 0 Å². The fraction of sp³-hybridized carbons (Fsp3) is 0.412. The van der Waals surface area contributed by atoms with E-state index in [0.717, 1.165) is 18.1 Å². The highest BCUT2D eigenvalue weighted by Crippen LogP contribution is 2.23. The largest absolute Gasteiger partial charge is 0.357 e. The average Bonchev–Trinajstić information content (AvgIpc) is 2.85. The summed E-state index contributed by atoms with van der Waals surface area (Å²) in [4.78, 5) is 46.4. The third-order valence-corrected chi connectivity index (χ3v) is 4.14. The van der Waals surface area contributed by atoms with Crippen LogP contribution in [0.5, 0.6) is 0 Å². The van der Waals surface area contributed by atoms with Gasteiger partial charge in [-0.25, -0.2) is 4.79 Å². The van der Waals surface area contributed by atoms with E-state index in [-0.39, 0.29) is 24.4 Å². The van der Waals surface area contributed by atoms with E-state index in [9.17, 15) is 19.2 Å². The normalized spacial score (nSPS) is 12.1. The minimum atomic E-state index is -0.752. The van der Waals surface area contributed by atoms with Gasteiger partial charge in [0.05, 0.1) is 11.0 Å². The molecule has 1 amide bonds. The van der Waals surface area contributed by atoms with Gasteiger partial charge < -0.3 is 14.9 Å². The Labute approximate surface area is 139 Å². The molecule has 0 radical (unpaired) electrons. The van der Waals surface area contributed by atoms with Crippen LogP contribution in [0, 0.1) is 0 Å². The van der Waals surface area contributed by atoms with Gasteiger partial charge in [-0.2, -0.15) is 0 Å². The SMILES string of the molecule is CNC(=O)C(CCC=O)n1c(=O)n(C)c2c(CCC=O)cccc21. The number of aldehydes is 2. The van der Waals surface area contributed by atoms with E-state index in [0.29, 0.717) is 23.9 Å². The number of imidazole rings is 1. The smallest absolute Gasteiger partial charge is 0.329 e. The summed E-state index contributed by atoms with van der Waals surface area (Å²) < 4.78 is 2.92. The van der Waals surface area contributed by atoms with Gasteiger partial charge in [-0.1, -0.05) is 12.1 Å². The Bertz CT molecular complexity index is 819. The first-order valence-corrected chi connectivity index (χ1v) is 7.84. The summed E-state index contributed by atoms with van der Waals surface area (Å²) in [5, 5.41) is 2.55. The standard InChI is InChI=1S/C17H21N3O4/c1-18-16(23)14(9-5-11-22)20-13-8-3-6-12(7-4-10-21)15(13)19(2)17(20)24/h3,6,8,10-11,14H,4-5,7,9H2,1-2H3,(H,18,23). The number of likely N-dealkylation sites (N-methyl/N-ethyl adjacent to an activating group) is 1. The molecule has 1 aromatic carbocycles. The second-order valence-electron chi connectivity index (χ2n) is 5.58. The Kier molecular flexibility index (Phi) is 5.68. The first-order chi connectivity index (χ1) is 11.6. The summed E-state index contributed by atoms with van der Waals surface area (Å²) in [7, 11) is 3.15. The Morgan fingerprint density at radius 3 is 2.58 bits per heavy atom. The molecule has 0 bridgehead atoms. The quantitative estimate of drug-likeness (QED) is 0.722. The lowest BCUT2D eigenvalue weighted by Gasteiger charge is -2.16. The fourth-order valence-corrected chi connectivity index (χ4v) is 3.01. The van der Waals surface area contributed by atoms with Crippen molar-refractivity contribution in [3.05, 3.63) is 34.2 Å². The molecule has 0 fully saturated rings. The lowest BCUT2D eigenvalue weighted by atomic mass is 10.1. The highest BCUT2D eigenvalue weighted by atomic mass is 16.2. The van der Waals surface area contributed by atoms with Gasteiger partial charge in [-0.15, -0.1) is 0 Å². The molecule has 0 aliphatic rings. The van der Waals surface area contributed by atoms with Crippen molar-refractivity contribution in [2.75, 3.05) is 7.05 Å². The predicted octanol–water partition coefficient (Wildman–Crippen LogP) is 0.738. The molecule has 1 unspecified atom stereocenters. The number of carbonyl (C=O) groups excluding carboxylic acids is 3. The van der Waals surface area contributed by atoms with E-state index < -0.39 is 6.04 Å². The summed E-state index contributed by atoms with van der Waals surface area (Å²) in [5.41, 5.74) is 1.90. The number of hydrogen-bond donors (Lipinski definition) is 1. The number of amides is 1. The number of para-hydroxylation sites is 1. The number of aryl methyl sites for hydroxylation is 2. The second-order valence-corrected chi connectivity index (χ2v) is 5.58. The van der Waals surface area contributed by atoms with Crippen molar-refractivity contribution in [3.63, 3.8) is 0 Å². The van der Waals surface area contributed by atoms with Gasteiger partial charge >= 0.3 is 5.69 Å². The number of benzene rings is 1. The maximum Gasteiger partial charge on any atom is 0.329 e. The van der Waals surface area contributed by atoms with E-state index in [1.165, 1.54) is 16.2 Å². The van der Waals surface area contributed by atoms with Crippen molar-refractivity contribution in [2.24, 2.45) is 7.05 Å². The van der Waals surface area contributed by atoms with Crippen LogP contribution in [-0.4, -0.2) is 34.7 Å². The van der Waals surface area contributed by atoms with Crippen LogP contribution in [0.25, 0.3) is 11.0 Å². The molecule has 2 aromatic rings. The Balaban J connectivity index is 2.67. The molecular formula is C17H21N3O4. The number of aromatic nitrogens is 2. The summed E-state index contributed by atoms with van der Waals surface area (Å²) in [6, 6.07) is 4.70. The fourth-order valence-electron chi connectivity index (χ4n) is 3.01. The van der Waals surface area contributed by atoms with Crippen molar-refractivity contribution in [2.45, 2.75) is 31.7 Å². The van der Waals surface area contributed by atoms with Crippen molar-refractivity contribution in [3.8, 4) is 0 Å². The number of fused-ring (bicyclic) bond motifs is 1. The Morgan fingerprint density at radius 2 is 1.96 bits per heavy atom. The molecule has 7 nitrogen and oxygen atoms in total. The van der Waals surface area contributed by atoms with E-state index in [2.05, 4.69) is 5.32 Å². The molecule has 1 N–H and O–H groups in total. The summed E-state index contributed by atoms with van der Waals surface area (Å²) >= 11 is 0. The first kappa shape index (κ1) is 17.7. The highest BCUT2D eigenvalue weighted by Gasteiger charge is 2.25. The molecule has 0 saturated carbocycles. The molecule has 0 aliphatic heterocycles. The maximum atomic E-state index is 12.7. The van der Waals surface area contributed by atoms with Gasteiger partial charge in [0.2, 0.25) is 5.91 Å². The summed E-state index contributed by atoms with van der Waals surface area (Å²) in [6.07, 6.45) is 2.90. The van der Waals surface area contributed by atoms with E-state index in [1.54, 1.807) is 19.2 Å². The topological polar surface area (TPSA) is 90.2 Å². The molecule has 0 spiro atoms.